The lowest BCUT2D eigenvalue weighted by atomic mass is 10.2. The highest BCUT2D eigenvalue weighted by Gasteiger charge is 2.19. The van der Waals surface area contributed by atoms with E-state index in [1.165, 1.54) is 13.2 Å². The molecule has 1 heterocycles. The minimum absolute atomic E-state index is 0.0758. The fourth-order valence-corrected chi connectivity index (χ4v) is 1.67. The van der Waals surface area contributed by atoms with E-state index >= 15 is 0 Å². The number of halogens is 3. The first kappa shape index (κ1) is 10.4. The Bertz CT molecular complexity index is 320. The fourth-order valence-electron chi connectivity index (χ4n) is 0.886. The van der Waals surface area contributed by atoms with Crippen molar-refractivity contribution >= 4 is 28.4 Å². The van der Waals surface area contributed by atoms with Gasteiger partial charge < -0.3 is 10.5 Å². The van der Waals surface area contributed by atoms with Crippen molar-refractivity contribution in [2.24, 2.45) is 0 Å². The van der Waals surface area contributed by atoms with Gasteiger partial charge in [0.2, 0.25) is 0 Å². The topological polar surface area (TPSA) is 48.1 Å². The van der Waals surface area contributed by atoms with Gasteiger partial charge in [0.05, 0.1) is 12.7 Å². The highest BCUT2D eigenvalue weighted by molar-refractivity contribution is 14.1. The molecule has 0 aliphatic rings. The predicted molar refractivity (Wildman–Crippen MR) is 52.9 cm³/mol. The predicted octanol–water partition coefficient (Wildman–Crippen LogP) is 2.21. The number of ether oxygens (including phenoxy) is 1. The summed E-state index contributed by atoms with van der Waals surface area (Å²) in [5, 5.41) is 0. The lowest BCUT2D eigenvalue weighted by Gasteiger charge is -2.09. The molecule has 0 spiro atoms. The Balaban J connectivity index is 3.30. The Morgan fingerprint density at radius 1 is 1.62 bits per heavy atom. The van der Waals surface area contributed by atoms with E-state index in [0.29, 0.717) is 0 Å². The Morgan fingerprint density at radius 3 is 2.69 bits per heavy atom. The first-order valence-electron chi connectivity index (χ1n) is 3.34. The van der Waals surface area contributed by atoms with Crippen molar-refractivity contribution in [1.29, 1.82) is 0 Å². The molecular weight excluding hydrogens is 293 g/mol. The summed E-state index contributed by atoms with van der Waals surface area (Å²) in [6.45, 7) is 0. The average Bonchev–Trinajstić information content (AvgIpc) is 2.01. The first-order chi connectivity index (χ1) is 6.06. The van der Waals surface area contributed by atoms with Crippen molar-refractivity contribution < 1.29 is 13.5 Å². The Kier molecular flexibility index (Phi) is 3.23. The SMILES string of the molecule is COc1cc(N)nc(I)c1C(F)F. The standard InChI is InChI=1S/C7H7F2IN2O/c1-13-3-2-4(11)12-7(10)5(3)6(8)9/h2,6H,1H3,(H2,11,12). The van der Waals surface area contributed by atoms with Crippen molar-refractivity contribution in [1.82, 2.24) is 4.98 Å². The molecule has 0 saturated carbocycles. The summed E-state index contributed by atoms with van der Waals surface area (Å²) in [5.74, 6) is 0.248. The van der Waals surface area contributed by atoms with Crippen LogP contribution in [-0.2, 0) is 0 Å². The zero-order chi connectivity index (χ0) is 10.0. The van der Waals surface area contributed by atoms with Gasteiger partial charge in [-0.1, -0.05) is 0 Å². The summed E-state index contributed by atoms with van der Waals surface area (Å²) in [5.41, 5.74) is 5.15. The van der Waals surface area contributed by atoms with Gasteiger partial charge in [-0.3, -0.25) is 0 Å². The molecule has 0 saturated heterocycles. The number of aromatic nitrogens is 1. The number of nitrogen functional groups attached to an aromatic ring is 1. The Morgan fingerprint density at radius 2 is 2.23 bits per heavy atom. The molecule has 0 atom stereocenters. The largest absolute Gasteiger partial charge is 0.496 e. The van der Waals surface area contributed by atoms with Crippen LogP contribution >= 0.6 is 22.6 Å². The van der Waals surface area contributed by atoms with Gasteiger partial charge in [-0.15, -0.1) is 0 Å². The molecule has 0 amide bonds. The quantitative estimate of drug-likeness (QED) is 0.673. The zero-order valence-electron chi connectivity index (χ0n) is 6.72. The maximum absolute atomic E-state index is 12.4. The third-order valence-electron chi connectivity index (χ3n) is 1.43. The molecule has 2 N–H and O–H groups in total. The average molecular weight is 300 g/mol. The second-order valence-electron chi connectivity index (χ2n) is 2.25. The minimum atomic E-state index is -2.60. The van der Waals surface area contributed by atoms with Crippen molar-refractivity contribution in [3.05, 3.63) is 15.3 Å². The van der Waals surface area contributed by atoms with Crippen LogP contribution in [0.5, 0.6) is 5.75 Å². The Hall–Kier alpha value is -0.660. The van der Waals surface area contributed by atoms with Gasteiger partial charge in [0.25, 0.3) is 6.43 Å². The van der Waals surface area contributed by atoms with E-state index in [1.54, 1.807) is 22.6 Å². The van der Waals surface area contributed by atoms with Gasteiger partial charge in [-0.25, -0.2) is 13.8 Å². The summed E-state index contributed by atoms with van der Waals surface area (Å²) in [6, 6.07) is 1.28. The molecule has 0 aliphatic carbocycles. The van der Waals surface area contributed by atoms with E-state index in [2.05, 4.69) is 4.98 Å². The van der Waals surface area contributed by atoms with Gasteiger partial charge >= 0.3 is 0 Å². The summed E-state index contributed by atoms with van der Waals surface area (Å²) in [6.07, 6.45) is -2.60. The molecule has 1 aromatic heterocycles. The van der Waals surface area contributed by atoms with Crippen LogP contribution in [0.3, 0.4) is 0 Å². The summed E-state index contributed by atoms with van der Waals surface area (Å²) < 4.78 is 29.8. The normalized spacial score (nSPS) is 10.5. The van der Waals surface area contributed by atoms with E-state index < -0.39 is 6.43 Å². The molecule has 0 aromatic carbocycles. The van der Waals surface area contributed by atoms with Crippen molar-refractivity contribution in [3.8, 4) is 5.75 Å². The second kappa shape index (κ2) is 4.03. The highest BCUT2D eigenvalue weighted by Crippen LogP contribution is 2.33. The van der Waals surface area contributed by atoms with Crippen LogP contribution < -0.4 is 10.5 Å². The van der Waals surface area contributed by atoms with Crippen molar-refractivity contribution in [2.75, 3.05) is 12.8 Å². The van der Waals surface area contributed by atoms with Crippen LogP contribution in [0, 0.1) is 3.70 Å². The van der Waals surface area contributed by atoms with E-state index in [9.17, 15) is 8.78 Å². The Labute approximate surface area is 87.4 Å². The summed E-state index contributed by atoms with van der Waals surface area (Å²) in [7, 11) is 1.32. The van der Waals surface area contributed by atoms with Gasteiger partial charge in [0.1, 0.15) is 15.3 Å². The molecule has 13 heavy (non-hydrogen) atoms. The molecule has 0 unspecified atom stereocenters. The number of hydrogen-bond donors (Lipinski definition) is 1. The zero-order valence-corrected chi connectivity index (χ0v) is 8.88. The van der Waals surface area contributed by atoms with Gasteiger partial charge in [0.15, 0.2) is 0 Å². The van der Waals surface area contributed by atoms with Crippen molar-refractivity contribution in [3.63, 3.8) is 0 Å². The first-order valence-corrected chi connectivity index (χ1v) is 4.42. The van der Waals surface area contributed by atoms with Crippen LogP contribution in [-0.4, -0.2) is 12.1 Å². The van der Waals surface area contributed by atoms with Gasteiger partial charge in [0, 0.05) is 6.07 Å². The highest BCUT2D eigenvalue weighted by atomic mass is 127. The fraction of sp³-hybridized carbons (Fsp3) is 0.286. The lowest BCUT2D eigenvalue weighted by molar-refractivity contribution is 0.145. The van der Waals surface area contributed by atoms with E-state index in [-0.39, 0.29) is 20.8 Å². The smallest absolute Gasteiger partial charge is 0.269 e. The van der Waals surface area contributed by atoms with Crippen LogP contribution in [0.15, 0.2) is 6.07 Å². The van der Waals surface area contributed by atoms with Gasteiger partial charge in [-0.2, -0.15) is 0 Å². The number of methoxy groups -OCH3 is 1. The molecule has 1 rings (SSSR count). The monoisotopic (exact) mass is 300 g/mol. The molecule has 0 bridgehead atoms. The van der Waals surface area contributed by atoms with Gasteiger partial charge in [-0.05, 0) is 22.6 Å². The third-order valence-corrected chi connectivity index (χ3v) is 2.25. The molecule has 3 nitrogen and oxygen atoms in total. The summed E-state index contributed by atoms with van der Waals surface area (Å²) in [4.78, 5) is 3.71. The van der Waals surface area contributed by atoms with E-state index in [4.69, 9.17) is 10.5 Å². The van der Waals surface area contributed by atoms with Crippen molar-refractivity contribution in [2.45, 2.75) is 6.43 Å². The summed E-state index contributed by atoms with van der Waals surface area (Å²) >= 11 is 1.70. The maximum atomic E-state index is 12.4. The van der Waals surface area contributed by atoms with E-state index in [1.807, 2.05) is 0 Å². The maximum Gasteiger partial charge on any atom is 0.269 e. The van der Waals surface area contributed by atoms with Crippen LogP contribution in [0.4, 0.5) is 14.6 Å². The molecule has 0 fully saturated rings. The van der Waals surface area contributed by atoms with Crippen LogP contribution in [0.2, 0.25) is 0 Å². The number of alkyl halides is 2. The number of anilines is 1. The van der Waals surface area contributed by atoms with E-state index in [0.717, 1.165) is 0 Å². The number of pyridine rings is 1. The third kappa shape index (κ3) is 2.17. The molecule has 6 heteroatoms. The molecular formula is C7H7F2IN2O. The number of nitrogens with two attached hydrogens (primary N) is 1. The molecule has 72 valence electrons. The van der Waals surface area contributed by atoms with Crippen LogP contribution in [0.1, 0.15) is 12.0 Å². The van der Waals surface area contributed by atoms with Crippen LogP contribution in [0.25, 0.3) is 0 Å². The molecule has 0 radical (unpaired) electrons. The lowest BCUT2D eigenvalue weighted by Crippen LogP contribution is -2.01. The molecule has 0 aliphatic heterocycles. The second-order valence-corrected chi connectivity index (χ2v) is 3.28. The number of hydrogen-bond acceptors (Lipinski definition) is 3. The number of rotatable bonds is 2. The number of nitrogens with zero attached hydrogens (tertiary/aromatic N) is 1. The minimum Gasteiger partial charge on any atom is -0.496 e. The molecule has 1 aromatic rings.